The van der Waals surface area contributed by atoms with Crippen molar-refractivity contribution in [3.05, 3.63) is 0 Å². The van der Waals surface area contributed by atoms with Crippen molar-refractivity contribution in [3.8, 4) is 0 Å². The number of carbonyl (C=O) groups is 3. The van der Waals surface area contributed by atoms with Crippen LogP contribution in [0.1, 0.15) is 87.5 Å². The van der Waals surface area contributed by atoms with Gasteiger partial charge in [-0.15, -0.1) is 0 Å². The summed E-state index contributed by atoms with van der Waals surface area (Å²) in [6.45, 7) is 15.0. The minimum absolute atomic E-state index is 0.129. The highest BCUT2D eigenvalue weighted by molar-refractivity contribution is 5.82. The number of aliphatic carboxylic acids is 1. The fraction of sp³-hybridized carbons (Fsp3) is 0.857. The van der Waals surface area contributed by atoms with Crippen LogP contribution < -0.4 is 5.32 Å². The van der Waals surface area contributed by atoms with Crippen LogP contribution in [-0.2, 0) is 19.1 Å². The number of esters is 1. The molecule has 0 fully saturated rings. The third-order valence-corrected chi connectivity index (χ3v) is 5.00. The van der Waals surface area contributed by atoms with Gasteiger partial charge in [0, 0.05) is 11.5 Å². The molecule has 27 heavy (non-hydrogen) atoms. The van der Waals surface area contributed by atoms with E-state index in [1.807, 2.05) is 34.6 Å². The Morgan fingerprint density at radius 3 is 2.00 bits per heavy atom. The van der Waals surface area contributed by atoms with Gasteiger partial charge in [0.25, 0.3) is 0 Å². The molecule has 3 unspecified atom stereocenters. The van der Waals surface area contributed by atoms with E-state index in [0.717, 1.165) is 12.8 Å². The lowest BCUT2D eigenvalue weighted by Crippen LogP contribution is -2.46. The second kappa shape index (κ2) is 10.1. The molecule has 0 aliphatic carbocycles. The zero-order chi connectivity index (χ0) is 21.5. The monoisotopic (exact) mass is 385 g/mol. The predicted molar refractivity (Wildman–Crippen MR) is 106 cm³/mol. The summed E-state index contributed by atoms with van der Waals surface area (Å²) in [6.07, 6.45) is 2.46. The number of carboxylic acids is 1. The van der Waals surface area contributed by atoms with Gasteiger partial charge in [0.2, 0.25) is 5.91 Å². The molecule has 0 saturated heterocycles. The SMILES string of the molecule is CCCCOC(=O)C(C)(CC)CC(C)(CC(C)C(=O)NC(C)(C)C)C(=O)O. The summed E-state index contributed by atoms with van der Waals surface area (Å²) in [6, 6.07) is 0. The zero-order valence-corrected chi connectivity index (χ0v) is 18.4. The number of hydrogen-bond donors (Lipinski definition) is 2. The largest absolute Gasteiger partial charge is 0.481 e. The van der Waals surface area contributed by atoms with E-state index in [1.165, 1.54) is 0 Å². The second-order valence-corrected chi connectivity index (χ2v) is 9.29. The highest BCUT2D eigenvalue weighted by Gasteiger charge is 2.46. The number of ether oxygens (including phenoxy) is 1. The molecule has 6 heteroatoms. The van der Waals surface area contributed by atoms with Gasteiger partial charge >= 0.3 is 11.9 Å². The molecule has 0 heterocycles. The third-order valence-electron chi connectivity index (χ3n) is 5.00. The van der Waals surface area contributed by atoms with Crippen molar-refractivity contribution in [1.82, 2.24) is 5.32 Å². The number of carbonyl (C=O) groups excluding carboxylic acids is 2. The van der Waals surface area contributed by atoms with Gasteiger partial charge in [-0.1, -0.05) is 27.2 Å². The Kier molecular flexibility index (Phi) is 9.50. The van der Waals surface area contributed by atoms with Crippen molar-refractivity contribution in [3.63, 3.8) is 0 Å². The van der Waals surface area contributed by atoms with Crippen molar-refractivity contribution in [2.24, 2.45) is 16.7 Å². The second-order valence-electron chi connectivity index (χ2n) is 9.29. The van der Waals surface area contributed by atoms with Gasteiger partial charge in [-0.3, -0.25) is 14.4 Å². The van der Waals surface area contributed by atoms with Gasteiger partial charge < -0.3 is 15.2 Å². The van der Waals surface area contributed by atoms with E-state index >= 15 is 0 Å². The number of carboxylic acid groups (broad SMARTS) is 1. The summed E-state index contributed by atoms with van der Waals surface area (Å²) in [4.78, 5) is 37.0. The Hall–Kier alpha value is -1.59. The average molecular weight is 386 g/mol. The van der Waals surface area contributed by atoms with E-state index in [0.29, 0.717) is 13.0 Å². The number of nitrogens with one attached hydrogen (secondary N) is 1. The first-order valence-electron chi connectivity index (χ1n) is 9.93. The molecule has 2 N–H and O–H groups in total. The smallest absolute Gasteiger partial charge is 0.311 e. The van der Waals surface area contributed by atoms with Crippen LogP contribution in [0, 0.1) is 16.7 Å². The minimum Gasteiger partial charge on any atom is -0.481 e. The molecule has 158 valence electrons. The van der Waals surface area contributed by atoms with E-state index in [1.54, 1.807) is 20.8 Å². The molecule has 0 spiro atoms. The van der Waals surface area contributed by atoms with Gasteiger partial charge in [-0.05, 0) is 60.3 Å². The quantitative estimate of drug-likeness (QED) is 0.411. The Labute approximate surface area is 164 Å². The van der Waals surface area contributed by atoms with Crippen LogP contribution in [0.25, 0.3) is 0 Å². The van der Waals surface area contributed by atoms with Gasteiger partial charge in [0.05, 0.1) is 17.4 Å². The predicted octanol–water partition coefficient (Wildman–Crippen LogP) is 4.17. The summed E-state index contributed by atoms with van der Waals surface area (Å²) < 4.78 is 5.37. The Balaban J connectivity index is 5.33. The Morgan fingerprint density at radius 1 is 1.04 bits per heavy atom. The van der Waals surface area contributed by atoms with Crippen molar-refractivity contribution in [2.75, 3.05) is 6.61 Å². The van der Waals surface area contributed by atoms with E-state index in [9.17, 15) is 19.5 Å². The van der Waals surface area contributed by atoms with Crippen LogP contribution >= 0.6 is 0 Å². The molecule has 0 aromatic rings. The molecule has 3 atom stereocenters. The first-order valence-corrected chi connectivity index (χ1v) is 9.93. The molecular weight excluding hydrogens is 346 g/mol. The third kappa shape index (κ3) is 8.31. The van der Waals surface area contributed by atoms with E-state index in [4.69, 9.17) is 4.74 Å². The van der Waals surface area contributed by atoms with E-state index < -0.39 is 22.7 Å². The standard InChI is InChI=1S/C21H39NO5/c1-9-11-12-27-18(26)20(7,10-2)14-21(8,17(24)25)13-15(3)16(23)22-19(4,5)6/h15H,9-14H2,1-8H3,(H,22,23)(H,24,25). The van der Waals surface area contributed by atoms with Crippen LogP contribution in [0.3, 0.4) is 0 Å². The molecule has 0 rings (SSSR count). The van der Waals surface area contributed by atoms with Crippen molar-refractivity contribution >= 4 is 17.8 Å². The lowest BCUT2D eigenvalue weighted by Gasteiger charge is -2.36. The molecule has 6 nitrogen and oxygen atoms in total. The van der Waals surface area contributed by atoms with Crippen molar-refractivity contribution < 1.29 is 24.2 Å². The van der Waals surface area contributed by atoms with Gasteiger partial charge in [0.15, 0.2) is 0 Å². The first kappa shape index (κ1) is 25.4. The molecule has 0 aliphatic rings. The summed E-state index contributed by atoms with van der Waals surface area (Å²) in [5, 5.41) is 12.8. The normalized spacial score (nSPS) is 17.3. The summed E-state index contributed by atoms with van der Waals surface area (Å²) in [5.41, 5.74) is -2.49. The molecule has 0 aliphatic heterocycles. The maximum atomic E-state index is 12.6. The van der Waals surface area contributed by atoms with Crippen LogP contribution in [0.15, 0.2) is 0 Å². The number of unbranched alkanes of at least 4 members (excludes halogenated alkanes) is 1. The maximum absolute atomic E-state index is 12.6. The molecule has 0 aromatic carbocycles. The number of hydrogen-bond acceptors (Lipinski definition) is 4. The Bertz CT molecular complexity index is 525. The molecule has 0 saturated carbocycles. The van der Waals surface area contributed by atoms with Gasteiger partial charge in [0.1, 0.15) is 0 Å². The molecular formula is C21H39NO5. The van der Waals surface area contributed by atoms with E-state index in [2.05, 4.69) is 5.32 Å². The highest BCUT2D eigenvalue weighted by atomic mass is 16.5. The fourth-order valence-electron chi connectivity index (χ4n) is 3.18. The van der Waals surface area contributed by atoms with Crippen LogP contribution in [0.4, 0.5) is 0 Å². The molecule has 0 bridgehead atoms. The maximum Gasteiger partial charge on any atom is 0.311 e. The summed E-state index contributed by atoms with van der Waals surface area (Å²) in [7, 11) is 0. The number of rotatable bonds is 11. The first-order chi connectivity index (χ1) is 12.2. The number of amides is 1. The van der Waals surface area contributed by atoms with Gasteiger partial charge in [-0.2, -0.15) is 0 Å². The Morgan fingerprint density at radius 2 is 1.59 bits per heavy atom. The highest BCUT2D eigenvalue weighted by Crippen LogP contribution is 2.42. The van der Waals surface area contributed by atoms with E-state index in [-0.39, 0.29) is 30.3 Å². The van der Waals surface area contributed by atoms with Crippen LogP contribution in [0.5, 0.6) is 0 Å². The summed E-state index contributed by atoms with van der Waals surface area (Å²) in [5.74, 6) is -2.03. The van der Waals surface area contributed by atoms with Crippen molar-refractivity contribution in [2.45, 2.75) is 93.0 Å². The molecule has 1 amide bonds. The van der Waals surface area contributed by atoms with Crippen LogP contribution in [0.2, 0.25) is 0 Å². The fourth-order valence-corrected chi connectivity index (χ4v) is 3.18. The van der Waals surface area contributed by atoms with Crippen LogP contribution in [-0.4, -0.2) is 35.1 Å². The zero-order valence-electron chi connectivity index (χ0n) is 18.4. The molecule has 0 radical (unpaired) electrons. The lowest BCUT2D eigenvalue weighted by atomic mass is 9.68. The summed E-state index contributed by atoms with van der Waals surface area (Å²) >= 11 is 0. The van der Waals surface area contributed by atoms with Gasteiger partial charge in [-0.25, -0.2) is 0 Å². The topological polar surface area (TPSA) is 92.7 Å². The molecule has 0 aromatic heterocycles. The lowest BCUT2D eigenvalue weighted by molar-refractivity contribution is -0.162. The average Bonchev–Trinajstić information content (AvgIpc) is 2.52. The van der Waals surface area contributed by atoms with Crippen molar-refractivity contribution in [1.29, 1.82) is 0 Å². The minimum atomic E-state index is -1.21.